The van der Waals surface area contributed by atoms with Crippen LogP contribution in [0.3, 0.4) is 0 Å². The van der Waals surface area contributed by atoms with Gasteiger partial charge in [-0.05, 0) is 31.2 Å². The lowest BCUT2D eigenvalue weighted by Crippen LogP contribution is -2.29. The van der Waals surface area contributed by atoms with Crippen LogP contribution in [-0.4, -0.2) is 33.7 Å². The maximum absolute atomic E-state index is 12.8. The van der Waals surface area contributed by atoms with Gasteiger partial charge in [-0.3, -0.25) is 4.79 Å². The van der Waals surface area contributed by atoms with Crippen LogP contribution in [0.4, 0.5) is 10.8 Å². The normalized spacial score (nSPS) is 16.3. The molecule has 1 aromatic heterocycles. The smallest absolute Gasteiger partial charge is 0.337 e. The summed E-state index contributed by atoms with van der Waals surface area (Å²) in [6.07, 6.45) is 0. The van der Waals surface area contributed by atoms with Gasteiger partial charge in [-0.2, -0.15) is 20.3 Å². The number of amides is 1. The van der Waals surface area contributed by atoms with Crippen LogP contribution in [0.1, 0.15) is 17.3 Å². The molecule has 0 spiro atoms. The first kappa shape index (κ1) is 20.0. The van der Waals surface area contributed by atoms with Crippen molar-refractivity contribution in [2.24, 2.45) is 15.3 Å². The summed E-state index contributed by atoms with van der Waals surface area (Å²) >= 11 is 4.70. The molecule has 0 radical (unpaired) electrons. The standard InChI is InChI=1S/C20H14BrN5O3S/c1-11-17(24-23-15-5-3-2-4-14(15)19(28)29)18(27)26(25-11)20-22-16(10-30-20)12-6-8-13(21)9-7-12/h2-10,17H,1H3,(H,28,29)/t17-/m1/s1. The Labute approximate surface area is 183 Å². The van der Waals surface area contributed by atoms with Crippen LogP contribution >= 0.6 is 27.3 Å². The monoisotopic (exact) mass is 483 g/mol. The van der Waals surface area contributed by atoms with E-state index in [-0.39, 0.29) is 17.2 Å². The lowest BCUT2D eigenvalue weighted by Gasteiger charge is -2.08. The van der Waals surface area contributed by atoms with Crippen LogP contribution in [0.5, 0.6) is 0 Å². The zero-order chi connectivity index (χ0) is 21.3. The van der Waals surface area contributed by atoms with E-state index in [9.17, 15) is 14.7 Å². The molecule has 2 aromatic carbocycles. The van der Waals surface area contributed by atoms with Gasteiger partial charge in [0.25, 0.3) is 5.91 Å². The lowest BCUT2D eigenvalue weighted by atomic mass is 10.2. The fourth-order valence-electron chi connectivity index (χ4n) is 2.80. The summed E-state index contributed by atoms with van der Waals surface area (Å²) in [4.78, 5) is 28.7. The van der Waals surface area contributed by atoms with Crippen LogP contribution in [0.2, 0.25) is 0 Å². The number of halogens is 1. The number of hydrazone groups is 1. The molecule has 1 amide bonds. The van der Waals surface area contributed by atoms with Gasteiger partial charge in [0.05, 0.1) is 22.7 Å². The molecular formula is C20H14BrN5O3S. The van der Waals surface area contributed by atoms with E-state index < -0.39 is 12.0 Å². The van der Waals surface area contributed by atoms with Crippen LogP contribution in [0, 0.1) is 0 Å². The molecule has 30 heavy (non-hydrogen) atoms. The summed E-state index contributed by atoms with van der Waals surface area (Å²) in [7, 11) is 0. The molecule has 2 heterocycles. The molecule has 1 aliphatic heterocycles. The number of rotatable bonds is 5. The molecule has 0 saturated heterocycles. The van der Waals surface area contributed by atoms with E-state index in [1.54, 1.807) is 19.1 Å². The van der Waals surface area contributed by atoms with Gasteiger partial charge in [-0.1, -0.05) is 40.2 Å². The molecule has 1 atom stereocenters. The molecular weight excluding hydrogens is 470 g/mol. The lowest BCUT2D eigenvalue weighted by molar-refractivity contribution is -0.117. The molecule has 8 nitrogen and oxygen atoms in total. The Balaban J connectivity index is 1.56. The van der Waals surface area contributed by atoms with Crippen molar-refractivity contribution in [2.45, 2.75) is 13.0 Å². The van der Waals surface area contributed by atoms with E-state index in [0.29, 0.717) is 10.8 Å². The first-order valence-corrected chi connectivity index (χ1v) is 10.4. The maximum Gasteiger partial charge on any atom is 0.337 e. The number of anilines is 1. The van der Waals surface area contributed by atoms with Crippen molar-refractivity contribution < 1.29 is 14.7 Å². The Hall–Kier alpha value is -3.24. The Bertz CT molecular complexity index is 1190. The third-order valence-electron chi connectivity index (χ3n) is 4.32. The van der Waals surface area contributed by atoms with Crippen molar-refractivity contribution in [3.63, 3.8) is 0 Å². The second-order valence-electron chi connectivity index (χ2n) is 6.35. The molecule has 1 aliphatic rings. The summed E-state index contributed by atoms with van der Waals surface area (Å²) in [5, 5.41) is 25.1. The zero-order valence-corrected chi connectivity index (χ0v) is 18.0. The molecule has 0 aliphatic carbocycles. The van der Waals surface area contributed by atoms with Crippen LogP contribution in [0.15, 0.2) is 73.7 Å². The van der Waals surface area contributed by atoms with Gasteiger partial charge in [0.1, 0.15) is 0 Å². The number of carboxylic acids is 1. The minimum atomic E-state index is -1.11. The summed E-state index contributed by atoms with van der Waals surface area (Å²) in [6.45, 7) is 1.67. The summed E-state index contributed by atoms with van der Waals surface area (Å²) in [6, 6.07) is 13.0. The quantitative estimate of drug-likeness (QED) is 0.506. The van der Waals surface area contributed by atoms with Gasteiger partial charge >= 0.3 is 5.97 Å². The number of nitrogens with zero attached hydrogens (tertiary/aromatic N) is 5. The van der Waals surface area contributed by atoms with Gasteiger partial charge in [-0.25, -0.2) is 9.78 Å². The number of carboxylic acid groups (broad SMARTS) is 1. The highest BCUT2D eigenvalue weighted by Crippen LogP contribution is 2.31. The highest BCUT2D eigenvalue weighted by Gasteiger charge is 2.36. The zero-order valence-electron chi connectivity index (χ0n) is 15.6. The topological polar surface area (TPSA) is 108 Å². The first-order valence-electron chi connectivity index (χ1n) is 8.78. The molecule has 0 unspecified atom stereocenters. The molecule has 3 aromatic rings. The van der Waals surface area contributed by atoms with E-state index in [2.05, 4.69) is 36.2 Å². The minimum Gasteiger partial charge on any atom is -0.478 e. The fraction of sp³-hybridized carbons (Fsp3) is 0.100. The average molecular weight is 484 g/mol. The average Bonchev–Trinajstić information content (AvgIpc) is 3.32. The van der Waals surface area contributed by atoms with Crippen molar-refractivity contribution in [3.05, 3.63) is 63.9 Å². The van der Waals surface area contributed by atoms with Crippen molar-refractivity contribution in [2.75, 3.05) is 5.01 Å². The molecule has 10 heteroatoms. The number of benzene rings is 2. The predicted molar refractivity (Wildman–Crippen MR) is 118 cm³/mol. The number of hydrogen-bond acceptors (Lipinski definition) is 7. The number of aromatic carboxylic acids is 1. The Kier molecular flexibility index (Phi) is 5.51. The number of carbonyl (C=O) groups is 2. The highest BCUT2D eigenvalue weighted by molar-refractivity contribution is 9.10. The van der Waals surface area contributed by atoms with Gasteiger partial charge < -0.3 is 5.11 Å². The molecule has 4 rings (SSSR count). The fourth-order valence-corrected chi connectivity index (χ4v) is 3.85. The van der Waals surface area contributed by atoms with E-state index in [0.717, 1.165) is 15.7 Å². The second-order valence-corrected chi connectivity index (χ2v) is 8.11. The summed E-state index contributed by atoms with van der Waals surface area (Å²) in [5.74, 6) is -1.50. The van der Waals surface area contributed by atoms with Crippen LogP contribution in [0.25, 0.3) is 11.3 Å². The molecule has 0 fully saturated rings. The van der Waals surface area contributed by atoms with Gasteiger partial charge in [0, 0.05) is 15.4 Å². The van der Waals surface area contributed by atoms with Gasteiger partial charge in [0.15, 0.2) is 6.04 Å². The maximum atomic E-state index is 12.8. The van der Waals surface area contributed by atoms with Gasteiger partial charge in [-0.15, -0.1) is 11.3 Å². The number of hydrogen-bond donors (Lipinski definition) is 1. The number of aromatic nitrogens is 1. The van der Waals surface area contributed by atoms with E-state index in [1.165, 1.54) is 28.5 Å². The van der Waals surface area contributed by atoms with Crippen molar-refractivity contribution in [1.82, 2.24) is 4.98 Å². The highest BCUT2D eigenvalue weighted by atomic mass is 79.9. The molecule has 150 valence electrons. The Morgan fingerprint density at radius 1 is 1.20 bits per heavy atom. The van der Waals surface area contributed by atoms with Crippen LogP contribution in [-0.2, 0) is 4.79 Å². The predicted octanol–water partition coefficient (Wildman–Crippen LogP) is 5.15. The molecule has 0 saturated carbocycles. The van der Waals surface area contributed by atoms with E-state index in [4.69, 9.17) is 0 Å². The van der Waals surface area contributed by atoms with Crippen molar-refractivity contribution in [3.8, 4) is 11.3 Å². The number of carbonyl (C=O) groups excluding carboxylic acids is 1. The molecule has 0 bridgehead atoms. The number of azo groups is 1. The minimum absolute atomic E-state index is 0.0113. The Morgan fingerprint density at radius 3 is 2.67 bits per heavy atom. The summed E-state index contributed by atoms with van der Waals surface area (Å²) in [5.41, 5.74) is 2.31. The third kappa shape index (κ3) is 3.91. The summed E-state index contributed by atoms with van der Waals surface area (Å²) < 4.78 is 0.967. The van der Waals surface area contributed by atoms with Crippen molar-refractivity contribution >= 4 is 55.7 Å². The van der Waals surface area contributed by atoms with E-state index in [1.807, 2.05) is 29.6 Å². The van der Waals surface area contributed by atoms with Crippen LogP contribution < -0.4 is 5.01 Å². The molecule has 1 N–H and O–H groups in total. The Morgan fingerprint density at radius 2 is 1.93 bits per heavy atom. The van der Waals surface area contributed by atoms with Crippen molar-refractivity contribution in [1.29, 1.82) is 0 Å². The third-order valence-corrected chi connectivity index (χ3v) is 5.67. The van der Waals surface area contributed by atoms with Gasteiger partial charge in [0.2, 0.25) is 5.13 Å². The van der Waals surface area contributed by atoms with E-state index >= 15 is 0 Å². The SMILES string of the molecule is CC1=NN(c2nc(-c3ccc(Br)cc3)cs2)C(=O)[C@@H]1N=Nc1ccccc1C(=O)O. The second kappa shape index (κ2) is 8.25. The number of thiazole rings is 1. The largest absolute Gasteiger partial charge is 0.478 e. The first-order chi connectivity index (χ1) is 14.4.